The van der Waals surface area contributed by atoms with E-state index in [9.17, 15) is 10.1 Å². The van der Waals surface area contributed by atoms with Gasteiger partial charge in [-0.15, -0.1) is 0 Å². The summed E-state index contributed by atoms with van der Waals surface area (Å²) in [6, 6.07) is 11.6. The molecule has 0 spiro atoms. The first-order chi connectivity index (χ1) is 14.2. The van der Waals surface area contributed by atoms with Gasteiger partial charge in [0.1, 0.15) is 11.3 Å². The Kier molecular flexibility index (Phi) is 4.42. The minimum Gasteiger partial charge on any atom is -0.423 e. The van der Waals surface area contributed by atoms with E-state index >= 15 is 0 Å². The van der Waals surface area contributed by atoms with Crippen LogP contribution in [0.25, 0.3) is 11.1 Å². The van der Waals surface area contributed by atoms with E-state index in [4.69, 9.17) is 4.42 Å². The van der Waals surface area contributed by atoms with Crippen molar-refractivity contribution in [1.29, 1.82) is 0 Å². The average Bonchev–Trinajstić information content (AvgIpc) is 3.43. The van der Waals surface area contributed by atoms with Crippen molar-refractivity contribution in [3.63, 3.8) is 0 Å². The molecule has 2 aliphatic rings. The van der Waals surface area contributed by atoms with Crippen LogP contribution in [0, 0.1) is 10.1 Å². The quantitative estimate of drug-likeness (QED) is 0.492. The van der Waals surface area contributed by atoms with E-state index in [1.165, 1.54) is 0 Å². The fourth-order valence-electron chi connectivity index (χ4n) is 4.03. The van der Waals surface area contributed by atoms with Gasteiger partial charge in [0.25, 0.3) is 6.01 Å². The van der Waals surface area contributed by atoms with Crippen LogP contribution in [0.2, 0.25) is 0 Å². The van der Waals surface area contributed by atoms with E-state index in [0.717, 1.165) is 42.8 Å². The van der Waals surface area contributed by atoms with Crippen LogP contribution in [0.1, 0.15) is 12.8 Å². The lowest BCUT2D eigenvalue weighted by Crippen LogP contribution is -2.47. The highest BCUT2D eigenvalue weighted by molar-refractivity contribution is 5.74. The number of pyridine rings is 1. The van der Waals surface area contributed by atoms with Crippen LogP contribution in [-0.2, 0) is 0 Å². The van der Waals surface area contributed by atoms with Gasteiger partial charge in [-0.05, 0) is 31.0 Å². The summed E-state index contributed by atoms with van der Waals surface area (Å²) in [6.45, 7) is 4.48. The summed E-state index contributed by atoms with van der Waals surface area (Å²) in [5.41, 5.74) is 1.66. The number of hydrogen-bond donors (Lipinski definition) is 0. The Balaban J connectivity index is 1.36. The lowest BCUT2D eigenvalue weighted by Gasteiger charge is -2.34. The third-order valence-corrected chi connectivity index (χ3v) is 5.60. The number of oxazole rings is 1. The molecule has 2 aliphatic heterocycles. The van der Waals surface area contributed by atoms with Gasteiger partial charge in [-0.25, -0.2) is 4.98 Å². The second-order valence-electron chi connectivity index (χ2n) is 7.40. The zero-order chi connectivity index (χ0) is 19.8. The summed E-state index contributed by atoms with van der Waals surface area (Å²) in [6.07, 6.45) is 2.27. The number of benzene rings is 1. The number of anilines is 3. The molecule has 4 heterocycles. The predicted molar refractivity (Wildman–Crippen MR) is 111 cm³/mol. The number of nitro groups is 1. The molecule has 0 aliphatic carbocycles. The van der Waals surface area contributed by atoms with Gasteiger partial charge in [0.05, 0.1) is 4.92 Å². The molecule has 29 heavy (non-hydrogen) atoms. The highest BCUT2D eigenvalue weighted by Gasteiger charge is 2.28. The van der Waals surface area contributed by atoms with Gasteiger partial charge < -0.3 is 19.1 Å². The maximum atomic E-state index is 11.6. The molecule has 150 valence electrons. The third-order valence-electron chi connectivity index (χ3n) is 5.60. The second-order valence-corrected chi connectivity index (χ2v) is 7.40. The molecule has 5 rings (SSSR count). The zero-order valence-electron chi connectivity index (χ0n) is 16.0. The molecular weight excluding hydrogens is 372 g/mol. The number of para-hydroxylation sites is 2. The summed E-state index contributed by atoms with van der Waals surface area (Å²) in [5, 5.41) is 11.6. The zero-order valence-corrected chi connectivity index (χ0v) is 16.0. The Morgan fingerprint density at radius 3 is 2.31 bits per heavy atom. The monoisotopic (exact) mass is 394 g/mol. The van der Waals surface area contributed by atoms with Crippen LogP contribution < -0.4 is 14.7 Å². The third kappa shape index (κ3) is 3.32. The van der Waals surface area contributed by atoms with Crippen molar-refractivity contribution in [1.82, 2.24) is 9.97 Å². The van der Waals surface area contributed by atoms with Crippen molar-refractivity contribution in [2.24, 2.45) is 0 Å². The van der Waals surface area contributed by atoms with E-state index in [2.05, 4.69) is 19.8 Å². The normalized spacial score (nSPS) is 17.3. The van der Waals surface area contributed by atoms with Crippen molar-refractivity contribution < 1.29 is 9.34 Å². The molecule has 0 unspecified atom stereocenters. The number of hydrogen-bond acceptors (Lipinski definition) is 8. The fraction of sp³-hybridized carbons (Fsp3) is 0.400. The molecule has 0 saturated carbocycles. The maximum Gasteiger partial charge on any atom is 0.311 e. The number of fused-ring (bicyclic) bond motifs is 1. The first-order valence-electron chi connectivity index (χ1n) is 9.95. The van der Waals surface area contributed by atoms with Crippen LogP contribution in [-0.4, -0.2) is 54.2 Å². The molecule has 2 aromatic heterocycles. The summed E-state index contributed by atoms with van der Waals surface area (Å²) < 4.78 is 5.86. The van der Waals surface area contributed by atoms with Crippen LogP contribution in [0.15, 0.2) is 40.8 Å². The molecule has 0 N–H and O–H groups in total. The van der Waals surface area contributed by atoms with Gasteiger partial charge in [0.2, 0.25) is 5.82 Å². The van der Waals surface area contributed by atoms with Gasteiger partial charge in [-0.1, -0.05) is 12.1 Å². The maximum absolute atomic E-state index is 11.6. The fourth-order valence-corrected chi connectivity index (χ4v) is 4.03. The molecule has 2 saturated heterocycles. The van der Waals surface area contributed by atoms with Crippen molar-refractivity contribution in [3.05, 3.63) is 46.5 Å². The number of piperazine rings is 1. The molecule has 2 fully saturated rings. The van der Waals surface area contributed by atoms with E-state index in [1.807, 2.05) is 29.2 Å². The lowest BCUT2D eigenvalue weighted by molar-refractivity contribution is -0.384. The predicted octanol–water partition coefficient (Wildman–Crippen LogP) is 3.06. The van der Waals surface area contributed by atoms with Crippen molar-refractivity contribution >= 4 is 34.4 Å². The van der Waals surface area contributed by atoms with Crippen molar-refractivity contribution in [2.75, 3.05) is 54.0 Å². The van der Waals surface area contributed by atoms with Crippen molar-refractivity contribution in [3.8, 4) is 0 Å². The molecule has 9 heteroatoms. The Morgan fingerprint density at radius 2 is 1.59 bits per heavy atom. The van der Waals surface area contributed by atoms with Gasteiger partial charge in [-0.3, -0.25) is 10.1 Å². The number of nitrogens with zero attached hydrogens (tertiary/aromatic N) is 6. The summed E-state index contributed by atoms with van der Waals surface area (Å²) >= 11 is 0. The van der Waals surface area contributed by atoms with Crippen molar-refractivity contribution in [2.45, 2.75) is 12.8 Å². The van der Waals surface area contributed by atoms with Gasteiger partial charge in [-0.2, -0.15) is 4.98 Å². The molecule has 0 amide bonds. The van der Waals surface area contributed by atoms with Gasteiger partial charge >= 0.3 is 5.69 Å². The van der Waals surface area contributed by atoms with Crippen LogP contribution >= 0.6 is 0 Å². The summed E-state index contributed by atoms with van der Waals surface area (Å²) in [5.74, 6) is 1.28. The van der Waals surface area contributed by atoms with Gasteiger partial charge in [0.15, 0.2) is 5.58 Å². The average molecular weight is 394 g/mol. The minimum absolute atomic E-state index is 0.0586. The van der Waals surface area contributed by atoms with E-state index in [-0.39, 0.29) is 10.6 Å². The van der Waals surface area contributed by atoms with E-state index < -0.39 is 0 Å². The highest BCUT2D eigenvalue weighted by atomic mass is 16.6. The number of aromatic nitrogens is 2. The van der Waals surface area contributed by atoms with E-state index in [1.54, 1.807) is 12.1 Å². The smallest absolute Gasteiger partial charge is 0.311 e. The summed E-state index contributed by atoms with van der Waals surface area (Å²) in [7, 11) is 0. The minimum atomic E-state index is -0.344. The van der Waals surface area contributed by atoms with Crippen LogP contribution in [0.4, 0.5) is 23.3 Å². The molecule has 0 atom stereocenters. The Bertz CT molecular complexity index is 1000. The molecule has 3 aromatic rings. The summed E-state index contributed by atoms with van der Waals surface area (Å²) in [4.78, 5) is 26.7. The van der Waals surface area contributed by atoms with Crippen LogP contribution in [0.5, 0.6) is 0 Å². The SMILES string of the molecule is O=[N+]([O-])c1ccc(N2CCCC2)nc1N1CCN(c2nc3ccccc3o2)CC1. The van der Waals surface area contributed by atoms with Gasteiger partial charge in [0, 0.05) is 45.3 Å². The number of rotatable bonds is 4. The Labute approximate surface area is 167 Å². The molecule has 0 bridgehead atoms. The second kappa shape index (κ2) is 7.23. The lowest BCUT2D eigenvalue weighted by atomic mass is 10.3. The topological polar surface area (TPSA) is 91.8 Å². The molecular formula is C20H22N6O3. The standard InChI is InChI=1S/C20H22N6O3/c27-26(28)16-7-8-18(23-9-3-4-10-23)22-19(16)24-11-13-25(14-12-24)20-21-15-5-1-2-6-17(15)29-20/h1-2,5-8H,3-4,9-14H2. The molecule has 1 aromatic carbocycles. The van der Waals surface area contributed by atoms with Crippen LogP contribution in [0.3, 0.4) is 0 Å². The molecule has 0 radical (unpaired) electrons. The largest absolute Gasteiger partial charge is 0.423 e. The highest BCUT2D eigenvalue weighted by Crippen LogP contribution is 2.31. The van der Waals surface area contributed by atoms with E-state index in [0.29, 0.717) is 38.0 Å². The first-order valence-corrected chi connectivity index (χ1v) is 9.95. The molecule has 9 nitrogen and oxygen atoms in total. The Morgan fingerprint density at radius 1 is 0.862 bits per heavy atom. The Hall–Kier alpha value is -3.36. The first kappa shape index (κ1) is 17.7.